The highest BCUT2D eigenvalue weighted by Crippen LogP contribution is 2.29. The zero-order chi connectivity index (χ0) is 16.5. The number of hydrogen-bond donors (Lipinski definition) is 2. The Morgan fingerprint density at radius 3 is 1.90 bits per heavy atom. The van der Waals surface area contributed by atoms with Crippen LogP contribution in [0, 0.1) is 0 Å². The van der Waals surface area contributed by atoms with Gasteiger partial charge < -0.3 is 5.11 Å². The fourth-order valence-electron chi connectivity index (χ4n) is 1.21. The topological polar surface area (TPSA) is 66.4 Å². The van der Waals surface area contributed by atoms with E-state index in [1.807, 2.05) is 0 Å². The van der Waals surface area contributed by atoms with Crippen molar-refractivity contribution >= 4 is 10.0 Å². The van der Waals surface area contributed by atoms with E-state index in [1.165, 1.54) is 4.72 Å². The maximum atomic E-state index is 12.3. The molecule has 21 heavy (non-hydrogen) atoms. The third-order valence-electron chi connectivity index (χ3n) is 2.34. The van der Waals surface area contributed by atoms with Gasteiger partial charge in [-0.2, -0.15) is 26.3 Å². The summed E-state index contributed by atoms with van der Waals surface area (Å²) in [6.45, 7) is -1.34. The Morgan fingerprint density at radius 2 is 1.52 bits per heavy atom. The highest BCUT2D eigenvalue weighted by atomic mass is 32.2. The zero-order valence-corrected chi connectivity index (χ0v) is 10.9. The maximum Gasteiger partial charge on any atom is 0.416 e. The number of benzene rings is 1. The number of halogens is 6. The van der Waals surface area contributed by atoms with Crippen LogP contribution in [0.4, 0.5) is 26.3 Å². The van der Waals surface area contributed by atoms with Gasteiger partial charge >= 0.3 is 12.4 Å². The van der Waals surface area contributed by atoms with Crippen molar-refractivity contribution in [2.75, 3.05) is 6.54 Å². The zero-order valence-electron chi connectivity index (χ0n) is 10.0. The summed E-state index contributed by atoms with van der Waals surface area (Å²) in [6, 6.07) is 2.17. The van der Waals surface area contributed by atoms with Crippen molar-refractivity contribution in [3.63, 3.8) is 0 Å². The van der Waals surface area contributed by atoms with E-state index in [4.69, 9.17) is 5.11 Å². The third-order valence-corrected chi connectivity index (χ3v) is 3.78. The summed E-state index contributed by atoms with van der Waals surface area (Å²) in [6.07, 6.45) is -12.6. The lowest BCUT2D eigenvalue weighted by molar-refractivity contribution is -0.200. The van der Waals surface area contributed by atoms with Crippen LogP contribution < -0.4 is 4.72 Å². The highest BCUT2D eigenvalue weighted by molar-refractivity contribution is 7.89. The van der Waals surface area contributed by atoms with Gasteiger partial charge in [0.1, 0.15) is 0 Å². The first-order valence-corrected chi connectivity index (χ1v) is 6.74. The molecule has 1 aromatic rings. The van der Waals surface area contributed by atoms with E-state index in [2.05, 4.69) is 0 Å². The lowest BCUT2D eigenvalue weighted by atomic mass is 10.2. The molecule has 0 saturated heterocycles. The molecule has 0 radical (unpaired) electrons. The van der Waals surface area contributed by atoms with Crippen molar-refractivity contribution in [3.05, 3.63) is 29.8 Å². The van der Waals surface area contributed by atoms with Crippen LogP contribution in [0.15, 0.2) is 29.2 Å². The Morgan fingerprint density at radius 1 is 1.05 bits per heavy atom. The molecule has 0 saturated carbocycles. The minimum Gasteiger partial charge on any atom is -0.382 e. The van der Waals surface area contributed by atoms with Crippen LogP contribution in [0.25, 0.3) is 0 Å². The SMILES string of the molecule is O=S(=O)(NCC(O)C(F)(F)F)c1ccc(C(F)(F)F)cc1. The molecule has 4 nitrogen and oxygen atoms in total. The van der Waals surface area contributed by atoms with Gasteiger partial charge in [-0.15, -0.1) is 0 Å². The number of alkyl halides is 6. The predicted molar refractivity (Wildman–Crippen MR) is 58.7 cm³/mol. The molecule has 2 N–H and O–H groups in total. The molecule has 0 aliphatic rings. The minimum absolute atomic E-state index is 0.481. The monoisotopic (exact) mass is 337 g/mol. The van der Waals surface area contributed by atoms with Gasteiger partial charge in [0.25, 0.3) is 0 Å². The van der Waals surface area contributed by atoms with Crippen molar-refractivity contribution < 1.29 is 39.9 Å². The van der Waals surface area contributed by atoms with Gasteiger partial charge in [0.05, 0.1) is 10.5 Å². The van der Waals surface area contributed by atoms with Crippen LogP contribution in [-0.4, -0.2) is 32.3 Å². The molecular weight excluding hydrogens is 328 g/mol. The van der Waals surface area contributed by atoms with Crippen LogP contribution in [0.5, 0.6) is 0 Å². The molecule has 0 spiro atoms. The summed E-state index contributed by atoms with van der Waals surface area (Å²) in [7, 11) is -4.46. The molecule has 1 atom stereocenters. The fraction of sp³-hybridized carbons (Fsp3) is 0.400. The second-order valence-electron chi connectivity index (χ2n) is 3.93. The van der Waals surface area contributed by atoms with Crippen LogP contribution in [0.3, 0.4) is 0 Å². The van der Waals surface area contributed by atoms with Crippen molar-refractivity contribution in [1.29, 1.82) is 0 Å². The normalized spacial score (nSPS) is 15.0. The molecule has 0 aliphatic carbocycles. The lowest BCUT2D eigenvalue weighted by Gasteiger charge is -2.15. The first-order valence-electron chi connectivity index (χ1n) is 5.26. The van der Waals surface area contributed by atoms with Gasteiger partial charge in [-0.3, -0.25) is 0 Å². The molecular formula is C10H9F6NO3S. The average Bonchev–Trinajstić information content (AvgIpc) is 2.34. The van der Waals surface area contributed by atoms with E-state index >= 15 is 0 Å². The van der Waals surface area contributed by atoms with Crippen LogP contribution >= 0.6 is 0 Å². The quantitative estimate of drug-likeness (QED) is 0.825. The molecule has 11 heteroatoms. The molecule has 0 amide bonds. The molecule has 0 bridgehead atoms. The standard InChI is InChI=1S/C10H9F6NO3S/c11-9(12,13)6-1-3-7(4-2-6)21(19,20)17-5-8(18)10(14,15)16/h1-4,8,17-18H,5H2. The first kappa shape index (κ1) is 17.7. The van der Waals surface area contributed by atoms with Gasteiger partial charge in [-0.05, 0) is 24.3 Å². The van der Waals surface area contributed by atoms with E-state index in [-0.39, 0.29) is 0 Å². The number of nitrogens with one attached hydrogen (secondary N) is 1. The summed E-state index contributed by atoms with van der Waals surface area (Å²) in [5.74, 6) is 0. The van der Waals surface area contributed by atoms with E-state index in [0.717, 1.165) is 0 Å². The number of aliphatic hydroxyl groups is 1. The number of hydrogen-bond acceptors (Lipinski definition) is 3. The molecule has 0 fully saturated rings. The Bertz CT molecular complexity index is 578. The molecule has 0 aliphatic heterocycles. The molecule has 1 unspecified atom stereocenters. The molecule has 0 heterocycles. The third kappa shape index (κ3) is 4.86. The van der Waals surface area contributed by atoms with Crippen LogP contribution in [0.2, 0.25) is 0 Å². The Hall–Kier alpha value is -1.33. The second-order valence-corrected chi connectivity index (χ2v) is 5.70. The van der Waals surface area contributed by atoms with Gasteiger partial charge in [-0.1, -0.05) is 0 Å². The number of aliphatic hydroxyl groups excluding tert-OH is 1. The Labute approximate surface area is 115 Å². The smallest absolute Gasteiger partial charge is 0.382 e. The van der Waals surface area contributed by atoms with E-state index in [0.29, 0.717) is 24.3 Å². The largest absolute Gasteiger partial charge is 0.416 e. The average molecular weight is 337 g/mol. The molecule has 1 aromatic carbocycles. The fourth-order valence-corrected chi connectivity index (χ4v) is 2.25. The maximum absolute atomic E-state index is 12.3. The lowest BCUT2D eigenvalue weighted by Crippen LogP contribution is -2.40. The Balaban J connectivity index is 2.85. The van der Waals surface area contributed by atoms with Gasteiger partial charge in [-0.25, -0.2) is 13.1 Å². The minimum atomic E-state index is -5.01. The van der Waals surface area contributed by atoms with Crippen molar-refractivity contribution in [3.8, 4) is 0 Å². The molecule has 120 valence electrons. The van der Waals surface area contributed by atoms with Crippen LogP contribution in [0.1, 0.15) is 5.56 Å². The molecule has 0 aromatic heterocycles. The number of rotatable bonds is 4. The van der Waals surface area contributed by atoms with Gasteiger partial charge in [0, 0.05) is 6.54 Å². The van der Waals surface area contributed by atoms with Crippen molar-refractivity contribution in [2.24, 2.45) is 0 Å². The second kappa shape index (κ2) is 5.81. The van der Waals surface area contributed by atoms with E-state index in [1.54, 1.807) is 0 Å². The summed E-state index contributed by atoms with van der Waals surface area (Å²) in [4.78, 5) is -0.648. The van der Waals surface area contributed by atoms with Gasteiger partial charge in [0.2, 0.25) is 10.0 Å². The first-order chi connectivity index (χ1) is 9.34. The summed E-state index contributed by atoms with van der Waals surface area (Å²) >= 11 is 0. The summed E-state index contributed by atoms with van der Waals surface area (Å²) in [5, 5.41) is 8.65. The number of sulfonamides is 1. The summed E-state index contributed by atoms with van der Waals surface area (Å²) in [5.41, 5.74) is -1.10. The predicted octanol–water partition coefficient (Wildman–Crippen LogP) is 1.91. The van der Waals surface area contributed by atoms with Crippen molar-refractivity contribution in [2.45, 2.75) is 23.4 Å². The summed E-state index contributed by atoms with van der Waals surface area (Å²) < 4.78 is 97.4. The highest BCUT2D eigenvalue weighted by Gasteiger charge is 2.38. The Kier molecular flexibility index (Phi) is 4.90. The molecule has 1 rings (SSSR count). The van der Waals surface area contributed by atoms with E-state index < -0.39 is 45.5 Å². The van der Waals surface area contributed by atoms with E-state index in [9.17, 15) is 34.8 Å². The van der Waals surface area contributed by atoms with Crippen molar-refractivity contribution in [1.82, 2.24) is 4.72 Å². The van der Waals surface area contributed by atoms with Crippen LogP contribution in [-0.2, 0) is 16.2 Å². The van der Waals surface area contributed by atoms with Gasteiger partial charge in [0.15, 0.2) is 6.10 Å².